The molecule has 9 nitrogen and oxygen atoms in total. The summed E-state index contributed by atoms with van der Waals surface area (Å²) in [6, 6.07) is 26.4. The molecule has 0 aliphatic rings. The maximum absolute atomic E-state index is 12.5. The third-order valence-corrected chi connectivity index (χ3v) is 6.25. The lowest BCUT2D eigenvalue weighted by Gasteiger charge is -2.36. The number of benzene rings is 3. The summed E-state index contributed by atoms with van der Waals surface area (Å²) < 4.78 is 18.7. The van der Waals surface area contributed by atoms with Crippen molar-refractivity contribution in [1.82, 2.24) is 9.55 Å². The van der Waals surface area contributed by atoms with Crippen molar-refractivity contribution < 1.29 is 24.1 Å². The molecule has 39 heavy (non-hydrogen) atoms. The molecule has 0 spiro atoms. The molecule has 4 rings (SSSR count). The molecule has 0 saturated carbocycles. The number of nitrogens with one attached hydrogen (secondary N) is 1. The van der Waals surface area contributed by atoms with Crippen molar-refractivity contribution in [3.63, 3.8) is 0 Å². The zero-order valence-electron chi connectivity index (χ0n) is 22.0. The minimum absolute atomic E-state index is 0.0533. The average molecular weight is 530 g/mol. The van der Waals surface area contributed by atoms with Crippen LogP contribution in [0.4, 0.5) is 5.82 Å². The molecule has 1 amide bonds. The van der Waals surface area contributed by atoms with E-state index < -0.39 is 17.4 Å². The Labute approximate surface area is 226 Å². The van der Waals surface area contributed by atoms with Gasteiger partial charge in [-0.2, -0.15) is 4.98 Å². The number of hydrogen-bond acceptors (Lipinski definition) is 7. The molecule has 0 aliphatic carbocycles. The zero-order chi connectivity index (χ0) is 27.8. The van der Waals surface area contributed by atoms with E-state index in [2.05, 4.69) is 10.3 Å². The molecule has 0 unspecified atom stereocenters. The van der Waals surface area contributed by atoms with Gasteiger partial charge in [0.2, 0.25) is 5.91 Å². The van der Waals surface area contributed by atoms with Gasteiger partial charge in [-0.1, -0.05) is 54.6 Å². The fraction of sp³-hybridized carbons (Fsp3) is 0.233. The molecule has 0 radical (unpaired) electrons. The van der Waals surface area contributed by atoms with E-state index in [1.807, 2.05) is 78.9 Å². The van der Waals surface area contributed by atoms with Gasteiger partial charge < -0.3 is 24.6 Å². The highest BCUT2D eigenvalue weighted by Crippen LogP contribution is 2.41. The zero-order valence-corrected chi connectivity index (χ0v) is 22.0. The third-order valence-electron chi connectivity index (χ3n) is 6.25. The number of hydrogen-bond donors (Lipinski definition) is 2. The minimum atomic E-state index is -1.10. The highest BCUT2D eigenvalue weighted by molar-refractivity contribution is 5.87. The summed E-state index contributed by atoms with van der Waals surface area (Å²) in [6.45, 7) is 1.17. The van der Waals surface area contributed by atoms with Gasteiger partial charge in [-0.25, -0.2) is 4.79 Å². The second-order valence-electron chi connectivity index (χ2n) is 8.90. The van der Waals surface area contributed by atoms with Crippen LogP contribution in [-0.2, 0) is 21.7 Å². The molecule has 1 heterocycles. The number of carbonyl (C=O) groups is 1. The van der Waals surface area contributed by atoms with Crippen LogP contribution < -0.4 is 20.5 Å². The smallest absolute Gasteiger partial charge is 0.349 e. The van der Waals surface area contributed by atoms with Crippen LogP contribution >= 0.6 is 0 Å². The summed E-state index contributed by atoms with van der Waals surface area (Å²) in [5.74, 6) is 1.22. The van der Waals surface area contributed by atoms with Gasteiger partial charge in [0, 0.05) is 13.1 Å². The Morgan fingerprint density at radius 3 is 1.92 bits per heavy atom. The molecule has 3 aromatic carbocycles. The summed E-state index contributed by atoms with van der Waals surface area (Å²) in [7, 11) is 3.21. The number of amides is 1. The Bertz CT molecular complexity index is 1390. The van der Waals surface area contributed by atoms with Gasteiger partial charge in [0.05, 0.1) is 33.5 Å². The van der Waals surface area contributed by atoms with Gasteiger partial charge in [0.1, 0.15) is 22.9 Å². The van der Waals surface area contributed by atoms with E-state index in [-0.39, 0.29) is 24.9 Å². The molecule has 0 aliphatic heterocycles. The number of ether oxygens (including phenoxy) is 3. The fourth-order valence-corrected chi connectivity index (χ4v) is 4.39. The molecule has 1 atom stereocenters. The number of aliphatic hydroxyl groups excluding tert-OH is 1. The maximum atomic E-state index is 12.5. The van der Waals surface area contributed by atoms with Crippen molar-refractivity contribution in [1.29, 1.82) is 0 Å². The number of aromatic nitrogens is 2. The molecular weight excluding hydrogens is 498 g/mol. The first-order valence-electron chi connectivity index (χ1n) is 12.4. The van der Waals surface area contributed by atoms with Crippen LogP contribution in [0.25, 0.3) is 0 Å². The van der Waals surface area contributed by atoms with Crippen LogP contribution in [0.5, 0.6) is 11.5 Å². The van der Waals surface area contributed by atoms with Gasteiger partial charge in [0.15, 0.2) is 0 Å². The molecule has 0 bridgehead atoms. The van der Waals surface area contributed by atoms with E-state index in [4.69, 9.17) is 14.2 Å². The Kier molecular flexibility index (Phi) is 8.75. The lowest BCUT2D eigenvalue weighted by molar-refractivity contribution is -0.114. The minimum Gasteiger partial charge on any atom is -0.497 e. The number of aliphatic hydroxyl groups is 1. The van der Waals surface area contributed by atoms with Crippen molar-refractivity contribution in [2.24, 2.45) is 0 Å². The second kappa shape index (κ2) is 12.4. The summed E-state index contributed by atoms with van der Waals surface area (Å²) >= 11 is 0. The summed E-state index contributed by atoms with van der Waals surface area (Å²) in [5.41, 5.74) is 0.806. The molecule has 1 aromatic heterocycles. The first-order valence-corrected chi connectivity index (χ1v) is 12.4. The largest absolute Gasteiger partial charge is 0.497 e. The van der Waals surface area contributed by atoms with E-state index >= 15 is 0 Å². The fourth-order valence-electron chi connectivity index (χ4n) is 4.39. The lowest BCUT2D eigenvalue weighted by atomic mass is 9.80. The topological polar surface area (TPSA) is 112 Å². The Hall–Kier alpha value is -4.47. The van der Waals surface area contributed by atoms with Crippen molar-refractivity contribution in [2.45, 2.75) is 25.2 Å². The normalized spacial score (nSPS) is 12.0. The van der Waals surface area contributed by atoms with Gasteiger partial charge in [-0.3, -0.25) is 9.36 Å². The Morgan fingerprint density at radius 1 is 0.897 bits per heavy atom. The highest BCUT2D eigenvalue weighted by Gasteiger charge is 2.38. The predicted molar refractivity (Wildman–Crippen MR) is 147 cm³/mol. The SMILES string of the molecule is COc1ccc(C(OC[C@@H](O)Cn2ccc(NC(C)=O)nc2=O)(c2ccccc2)c2ccc(OC)cc2)cc1. The number of anilines is 1. The molecule has 202 valence electrons. The van der Waals surface area contributed by atoms with Gasteiger partial charge >= 0.3 is 5.69 Å². The standard InChI is InChI=1S/C30H31N3O6/c1-21(34)31-28-17-18-33(29(36)32-28)19-25(35)20-39-30(22-7-5-4-6-8-22,23-9-13-26(37-2)14-10-23)24-11-15-27(38-3)16-12-24/h4-18,25,35H,19-20H2,1-3H3,(H,31,32,34,36)/t25-/m0/s1. The molecule has 2 N–H and O–H groups in total. The number of carbonyl (C=O) groups excluding carboxylic acids is 1. The summed E-state index contributed by atoms with van der Waals surface area (Å²) in [4.78, 5) is 27.6. The van der Waals surface area contributed by atoms with E-state index in [0.717, 1.165) is 16.7 Å². The molecule has 0 fully saturated rings. The highest BCUT2D eigenvalue weighted by atomic mass is 16.5. The summed E-state index contributed by atoms with van der Waals surface area (Å²) in [6.07, 6.45) is 0.428. The van der Waals surface area contributed by atoms with Crippen LogP contribution in [0.1, 0.15) is 23.6 Å². The quantitative estimate of drug-likeness (QED) is 0.286. The average Bonchev–Trinajstić information content (AvgIpc) is 2.96. The lowest BCUT2D eigenvalue weighted by Crippen LogP contribution is -2.38. The van der Waals surface area contributed by atoms with E-state index in [0.29, 0.717) is 11.5 Å². The van der Waals surface area contributed by atoms with Crippen molar-refractivity contribution >= 4 is 11.7 Å². The molecule has 0 saturated heterocycles. The van der Waals surface area contributed by atoms with E-state index in [1.165, 1.54) is 23.8 Å². The van der Waals surface area contributed by atoms with Crippen LogP contribution in [0.3, 0.4) is 0 Å². The van der Waals surface area contributed by atoms with Gasteiger partial charge in [-0.05, 0) is 47.0 Å². The summed E-state index contributed by atoms with van der Waals surface area (Å²) in [5, 5.41) is 13.5. The van der Waals surface area contributed by atoms with Crippen LogP contribution in [0.2, 0.25) is 0 Å². The number of nitrogens with zero attached hydrogens (tertiary/aromatic N) is 2. The number of methoxy groups -OCH3 is 2. The molecule has 4 aromatic rings. The van der Waals surface area contributed by atoms with Crippen LogP contribution in [0.15, 0.2) is 95.9 Å². The Morgan fingerprint density at radius 2 is 1.44 bits per heavy atom. The van der Waals surface area contributed by atoms with Crippen molar-refractivity contribution in [3.8, 4) is 11.5 Å². The first-order chi connectivity index (χ1) is 18.8. The van der Waals surface area contributed by atoms with E-state index in [9.17, 15) is 14.7 Å². The third kappa shape index (κ3) is 6.34. The van der Waals surface area contributed by atoms with Gasteiger partial charge in [0.25, 0.3) is 0 Å². The molecular formula is C30H31N3O6. The number of rotatable bonds is 11. The Balaban J connectivity index is 1.70. The van der Waals surface area contributed by atoms with Crippen LogP contribution in [-0.4, -0.2) is 47.5 Å². The maximum Gasteiger partial charge on any atom is 0.349 e. The monoisotopic (exact) mass is 529 g/mol. The predicted octanol–water partition coefficient (Wildman–Crippen LogP) is 3.59. The molecule has 9 heteroatoms. The second-order valence-corrected chi connectivity index (χ2v) is 8.90. The van der Waals surface area contributed by atoms with Crippen molar-refractivity contribution in [2.75, 3.05) is 26.1 Å². The van der Waals surface area contributed by atoms with Gasteiger partial charge in [-0.15, -0.1) is 0 Å². The first kappa shape index (κ1) is 27.6. The van der Waals surface area contributed by atoms with E-state index in [1.54, 1.807) is 14.2 Å². The van der Waals surface area contributed by atoms with Crippen LogP contribution in [0, 0.1) is 0 Å². The van der Waals surface area contributed by atoms with Crippen molar-refractivity contribution in [3.05, 3.63) is 118 Å².